The summed E-state index contributed by atoms with van der Waals surface area (Å²) in [6.45, 7) is 0.606. The molecule has 3 fully saturated rings. The Labute approximate surface area is 190 Å². The third kappa shape index (κ3) is 4.55. The van der Waals surface area contributed by atoms with E-state index in [1.807, 2.05) is 30.3 Å². The number of aromatic nitrogens is 4. The summed E-state index contributed by atoms with van der Waals surface area (Å²) in [5.74, 6) is -0.681. The molecule has 176 valence electrons. The first kappa shape index (κ1) is 21.8. The Kier molecular flexibility index (Phi) is 5.98. The van der Waals surface area contributed by atoms with Crippen molar-refractivity contribution < 1.29 is 28.9 Å². The zero-order valence-electron chi connectivity index (χ0n) is 18.1. The average Bonchev–Trinajstić information content (AvgIpc) is 3.55. The van der Waals surface area contributed by atoms with Gasteiger partial charge in [0.2, 0.25) is 5.91 Å². The Morgan fingerprint density at radius 3 is 2.64 bits per heavy atom. The predicted octanol–water partition coefficient (Wildman–Crippen LogP) is 0.379. The first-order chi connectivity index (χ1) is 16.0. The molecule has 1 aromatic heterocycles. The van der Waals surface area contributed by atoms with Gasteiger partial charge in [0.25, 0.3) is 0 Å². The second-order valence-corrected chi connectivity index (χ2v) is 9.09. The molecule has 0 unspecified atom stereocenters. The number of hydrogen-bond donors (Lipinski definition) is 1. The number of para-hydroxylation sites is 1. The van der Waals surface area contributed by atoms with Crippen molar-refractivity contribution in [1.82, 2.24) is 25.5 Å². The summed E-state index contributed by atoms with van der Waals surface area (Å²) in [5.41, 5.74) is -0.517. The highest BCUT2D eigenvalue weighted by Crippen LogP contribution is 2.44. The molecule has 33 heavy (non-hydrogen) atoms. The van der Waals surface area contributed by atoms with Crippen LogP contribution in [0.2, 0.25) is 0 Å². The van der Waals surface area contributed by atoms with E-state index < -0.39 is 11.4 Å². The quantitative estimate of drug-likeness (QED) is 0.597. The van der Waals surface area contributed by atoms with Gasteiger partial charge in [-0.15, -0.1) is 0 Å². The number of ether oxygens (including phenoxy) is 3. The number of tetrazole rings is 1. The highest BCUT2D eigenvalue weighted by Gasteiger charge is 2.50. The Morgan fingerprint density at radius 2 is 1.88 bits per heavy atom. The van der Waals surface area contributed by atoms with Crippen LogP contribution in [0.5, 0.6) is 11.8 Å². The van der Waals surface area contributed by atoms with Crippen LogP contribution >= 0.6 is 0 Å². The van der Waals surface area contributed by atoms with Gasteiger partial charge in [-0.05, 0) is 47.2 Å². The highest BCUT2D eigenvalue weighted by atomic mass is 16.6. The van der Waals surface area contributed by atoms with E-state index in [2.05, 4.69) is 20.8 Å². The normalized spacial score (nSPS) is 27.9. The van der Waals surface area contributed by atoms with Gasteiger partial charge in [0.15, 0.2) is 0 Å². The highest BCUT2D eigenvalue weighted by molar-refractivity contribution is 5.78. The lowest BCUT2D eigenvalue weighted by molar-refractivity contribution is -0.308. The Bertz CT molecular complexity index is 992. The van der Waals surface area contributed by atoms with Crippen LogP contribution in [0.3, 0.4) is 0 Å². The van der Waals surface area contributed by atoms with Crippen molar-refractivity contribution in [3.05, 3.63) is 30.3 Å². The van der Waals surface area contributed by atoms with Crippen LogP contribution < -0.4 is 15.2 Å². The molecule has 4 atom stereocenters. The van der Waals surface area contributed by atoms with Crippen molar-refractivity contribution >= 4 is 11.9 Å². The number of amides is 1. The Hall–Kier alpha value is -3.05. The van der Waals surface area contributed by atoms with E-state index in [0.29, 0.717) is 19.0 Å². The van der Waals surface area contributed by atoms with Gasteiger partial charge in [-0.3, -0.25) is 4.79 Å². The first-order valence-electron chi connectivity index (χ1n) is 11.3. The lowest BCUT2D eigenvalue weighted by Crippen LogP contribution is -2.46. The number of carbonyl (C=O) groups excluding carboxylic acids is 2. The predicted molar refractivity (Wildman–Crippen MR) is 110 cm³/mol. The van der Waals surface area contributed by atoms with E-state index in [-0.39, 0.29) is 49.1 Å². The van der Waals surface area contributed by atoms with Crippen molar-refractivity contribution in [2.75, 3.05) is 13.2 Å². The van der Waals surface area contributed by atoms with Crippen molar-refractivity contribution in [3.8, 4) is 11.8 Å². The fourth-order valence-electron chi connectivity index (χ4n) is 5.31. The number of aliphatic carboxylic acids is 1. The number of hydrogen-bond acceptors (Lipinski definition) is 9. The number of carbonyl (C=O) groups is 2. The fraction of sp³-hybridized carbons (Fsp3) is 0.591. The van der Waals surface area contributed by atoms with Crippen molar-refractivity contribution in [2.45, 2.75) is 62.8 Å². The van der Waals surface area contributed by atoms with E-state index in [1.54, 1.807) is 4.68 Å². The molecule has 2 aromatic rings. The second-order valence-electron chi connectivity index (χ2n) is 9.09. The third-order valence-electron chi connectivity index (χ3n) is 6.82. The van der Waals surface area contributed by atoms with Crippen molar-refractivity contribution in [1.29, 1.82) is 0 Å². The van der Waals surface area contributed by atoms with E-state index in [9.17, 15) is 14.7 Å². The van der Waals surface area contributed by atoms with E-state index in [1.165, 1.54) is 0 Å². The molecule has 1 aromatic carbocycles. The molecule has 3 aliphatic rings. The molecule has 1 aliphatic carbocycles. The number of fused-ring (bicyclic) bond motifs is 1. The maximum absolute atomic E-state index is 12.8. The molecule has 11 heteroatoms. The largest absolute Gasteiger partial charge is 0.550 e. The van der Waals surface area contributed by atoms with Gasteiger partial charge in [-0.2, -0.15) is 4.68 Å². The lowest BCUT2D eigenvalue weighted by atomic mass is 9.79. The SMILES string of the molecule is O=C([O-])CC1(CC(=O)N[C@H]2CO[C@H]3[C@@H]2OC[C@@H]3n2nnnc2Oc2ccccc2)CCCC1. The van der Waals surface area contributed by atoms with Crippen LogP contribution in [0.15, 0.2) is 30.3 Å². The number of nitrogens with zero attached hydrogens (tertiary/aromatic N) is 4. The Balaban J connectivity index is 1.22. The zero-order chi connectivity index (χ0) is 22.8. The van der Waals surface area contributed by atoms with Gasteiger partial charge >= 0.3 is 6.01 Å². The fourth-order valence-corrected chi connectivity index (χ4v) is 5.31. The van der Waals surface area contributed by atoms with Crippen LogP contribution in [-0.4, -0.2) is 63.5 Å². The molecule has 2 aliphatic heterocycles. The minimum atomic E-state index is -1.11. The van der Waals surface area contributed by atoms with Gasteiger partial charge in [0.05, 0.1) is 19.3 Å². The number of carboxylic acid groups (broad SMARTS) is 1. The van der Waals surface area contributed by atoms with Crippen LogP contribution in [0.4, 0.5) is 0 Å². The smallest absolute Gasteiger partial charge is 0.341 e. The summed E-state index contributed by atoms with van der Waals surface area (Å²) in [5, 5.41) is 26.0. The molecular weight excluding hydrogens is 430 g/mol. The monoisotopic (exact) mass is 456 g/mol. The van der Waals surface area contributed by atoms with Crippen LogP contribution in [0.1, 0.15) is 44.6 Å². The topological polar surface area (TPSA) is 141 Å². The average molecular weight is 456 g/mol. The summed E-state index contributed by atoms with van der Waals surface area (Å²) < 4.78 is 19.3. The lowest BCUT2D eigenvalue weighted by Gasteiger charge is -2.29. The summed E-state index contributed by atoms with van der Waals surface area (Å²) in [7, 11) is 0. The second kappa shape index (κ2) is 9.06. The third-order valence-corrected chi connectivity index (χ3v) is 6.82. The van der Waals surface area contributed by atoms with E-state index in [4.69, 9.17) is 14.2 Å². The van der Waals surface area contributed by atoms with Crippen LogP contribution in [-0.2, 0) is 19.1 Å². The summed E-state index contributed by atoms with van der Waals surface area (Å²) in [4.78, 5) is 24.0. The van der Waals surface area contributed by atoms with Crippen LogP contribution in [0, 0.1) is 5.41 Å². The van der Waals surface area contributed by atoms with Gasteiger partial charge in [0, 0.05) is 12.4 Å². The molecule has 1 N–H and O–H groups in total. The van der Waals surface area contributed by atoms with Gasteiger partial charge in [-0.25, -0.2) is 0 Å². The number of rotatable bonds is 8. The maximum Gasteiger partial charge on any atom is 0.341 e. The molecule has 1 saturated carbocycles. The molecule has 1 amide bonds. The minimum absolute atomic E-state index is 0.0876. The molecule has 11 nitrogen and oxygen atoms in total. The standard InChI is InChI=1S/C22H27N5O6/c28-17(10-22(11-18(29)30)8-4-5-9-22)23-15-12-31-20-16(13-32-19(15)20)27-21(24-25-26-27)33-14-6-2-1-3-7-14/h1-3,6-7,15-16,19-20H,4-5,8-13H2,(H,23,28)(H,29,30)/p-1/t15-,16-,19+,20+/m0/s1. The minimum Gasteiger partial charge on any atom is -0.550 e. The summed E-state index contributed by atoms with van der Waals surface area (Å²) in [6, 6.07) is 8.82. The number of carboxylic acids is 1. The van der Waals surface area contributed by atoms with E-state index in [0.717, 1.165) is 25.7 Å². The van der Waals surface area contributed by atoms with E-state index >= 15 is 0 Å². The van der Waals surface area contributed by atoms with Gasteiger partial charge in [0.1, 0.15) is 24.0 Å². The van der Waals surface area contributed by atoms with Gasteiger partial charge in [-0.1, -0.05) is 36.1 Å². The molecule has 0 bridgehead atoms. The summed E-state index contributed by atoms with van der Waals surface area (Å²) >= 11 is 0. The zero-order valence-corrected chi connectivity index (χ0v) is 18.1. The molecule has 5 rings (SSSR count). The molecule has 3 heterocycles. The molecule has 0 spiro atoms. The van der Waals surface area contributed by atoms with Crippen molar-refractivity contribution in [2.24, 2.45) is 5.41 Å². The number of benzene rings is 1. The van der Waals surface area contributed by atoms with Crippen molar-refractivity contribution in [3.63, 3.8) is 0 Å². The number of nitrogens with one attached hydrogen (secondary N) is 1. The van der Waals surface area contributed by atoms with Crippen LogP contribution in [0.25, 0.3) is 0 Å². The maximum atomic E-state index is 12.8. The molecule has 2 saturated heterocycles. The molecular formula is C22H26N5O6-. The van der Waals surface area contributed by atoms with Gasteiger partial charge < -0.3 is 29.4 Å². The Morgan fingerprint density at radius 1 is 1.12 bits per heavy atom. The first-order valence-corrected chi connectivity index (χ1v) is 11.3. The summed E-state index contributed by atoms with van der Waals surface area (Å²) in [6.07, 6.45) is 2.70. The molecule has 0 radical (unpaired) electrons.